The van der Waals surface area contributed by atoms with Gasteiger partial charge in [-0.05, 0) is 23.4 Å². The molecule has 11 heavy (non-hydrogen) atoms. The molecule has 0 radical (unpaired) electrons. The second-order valence-corrected chi connectivity index (χ2v) is 3.33. The van der Waals surface area contributed by atoms with Crippen LogP contribution in [0.1, 0.15) is 0 Å². The van der Waals surface area contributed by atoms with E-state index in [0.717, 1.165) is 5.82 Å². The standard InChI is InChI=1S/C8H12N2S/c1-8-9(2)6-4-5-7-11-10(8)3/h4-7H,1H2,2-3H3/b6-4-,7-5-. The smallest absolute Gasteiger partial charge is 0.110 e. The maximum Gasteiger partial charge on any atom is 0.110 e. The zero-order valence-corrected chi connectivity index (χ0v) is 7.64. The van der Waals surface area contributed by atoms with Crippen molar-refractivity contribution in [1.29, 1.82) is 0 Å². The summed E-state index contributed by atoms with van der Waals surface area (Å²) >= 11 is 1.62. The van der Waals surface area contributed by atoms with Gasteiger partial charge in [-0.2, -0.15) is 0 Å². The number of hydrogen-bond donors (Lipinski definition) is 0. The minimum atomic E-state index is 0.982. The van der Waals surface area contributed by atoms with Crippen molar-refractivity contribution in [3.63, 3.8) is 0 Å². The third-order valence-electron chi connectivity index (χ3n) is 1.49. The largest absolute Gasteiger partial charge is 0.338 e. The quantitative estimate of drug-likeness (QED) is 0.511. The van der Waals surface area contributed by atoms with Crippen LogP contribution in [0, 0.1) is 0 Å². The Balaban J connectivity index is 2.75. The van der Waals surface area contributed by atoms with Gasteiger partial charge in [-0.25, -0.2) is 0 Å². The van der Waals surface area contributed by atoms with E-state index in [2.05, 4.69) is 6.58 Å². The Kier molecular flexibility index (Phi) is 2.65. The Hall–Kier alpha value is -0.830. The number of hydrogen-bond acceptors (Lipinski definition) is 3. The molecule has 0 fully saturated rings. The van der Waals surface area contributed by atoms with Crippen molar-refractivity contribution < 1.29 is 0 Å². The van der Waals surface area contributed by atoms with Crippen LogP contribution in [0.4, 0.5) is 0 Å². The highest BCUT2D eigenvalue weighted by Gasteiger charge is 2.04. The molecule has 1 aliphatic rings. The van der Waals surface area contributed by atoms with Crippen molar-refractivity contribution in [3.8, 4) is 0 Å². The van der Waals surface area contributed by atoms with E-state index in [0.29, 0.717) is 0 Å². The van der Waals surface area contributed by atoms with Crippen molar-refractivity contribution in [2.45, 2.75) is 0 Å². The highest BCUT2D eigenvalue weighted by molar-refractivity contribution is 8.00. The topological polar surface area (TPSA) is 6.48 Å². The lowest BCUT2D eigenvalue weighted by Gasteiger charge is -2.26. The maximum atomic E-state index is 3.92. The Morgan fingerprint density at radius 3 is 2.82 bits per heavy atom. The first-order valence-corrected chi connectivity index (χ1v) is 4.21. The molecule has 1 heterocycles. The molecule has 0 aromatic heterocycles. The van der Waals surface area contributed by atoms with E-state index in [1.54, 1.807) is 11.9 Å². The summed E-state index contributed by atoms with van der Waals surface area (Å²) in [7, 11) is 3.97. The Morgan fingerprint density at radius 2 is 2.09 bits per heavy atom. The van der Waals surface area contributed by atoms with Gasteiger partial charge in [-0.3, -0.25) is 0 Å². The lowest BCUT2D eigenvalue weighted by atomic mass is 10.5. The van der Waals surface area contributed by atoms with Crippen molar-refractivity contribution in [3.05, 3.63) is 36.2 Å². The van der Waals surface area contributed by atoms with Gasteiger partial charge in [-0.15, -0.1) is 0 Å². The van der Waals surface area contributed by atoms with Gasteiger partial charge in [0, 0.05) is 20.3 Å². The van der Waals surface area contributed by atoms with Crippen LogP contribution in [0.5, 0.6) is 0 Å². The molecule has 0 aromatic carbocycles. The third kappa shape index (κ3) is 2.05. The van der Waals surface area contributed by atoms with Crippen LogP contribution in [-0.4, -0.2) is 23.3 Å². The normalized spacial score (nSPS) is 24.4. The molecular formula is C8H12N2S. The molecule has 3 heteroatoms. The third-order valence-corrected chi connectivity index (χ3v) is 2.29. The van der Waals surface area contributed by atoms with Crippen LogP contribution < -0.4 is 0 Å². The molecule has 0 saturated heterocycles. The first-order valence-electron chi connectivity index (χ1n) is 3.37. The minimum Gasteiger partial charge on any atom is -0.338 e. The second kappa shape index (κ2) is 3.53. The SMILES string of the molecule is C=C1N(C)/C=C\C=C/SN1C. The lowest BCUT2D eigenvalue weighted by molar-refractivity contribution is 0.453. The summed E-state index contributed by atoms with van der Waals surface area (Å²) in [5, 5.41) is 2.02. The molecule has 0 atom stereocenters. The maximum absolute atomic E-state index is 3.92. The van der Waals surface area contributed by atoms with Gasteiger partial charge in [0.25, 0.3) is 0 Å². The zero-order valence-electron chi connectivity index (χ0n) is 6.82. The van der Waals surface area contributed by atoms with E-state index in [9.17, 15) is 0 Å². The summed E-state index contributed by atoms with van der Waals surface area (Å²) in [6.07, 6.45) is 5.98. The molecule has 0 N–H and O–H groups in total. The number of nitrogens with zero attached hydrogens (tertiary/aromatic N) is 2. The first kappa shape index (κ1) is 8.27. The van der Waals surface area contributed by atoms with E-state index in [1.165, 1.54) is 0 Å². The lowest BCUT2D eigenvalue weighted by Crippen LogP contribution is -2.21. The number of rotatable bonds is 0. The van der Waals surface area contributed by atoms with Crippen LogP contribution in [0.15, 0.2) is 36.2 Å². The molecular weight excluding hydrogens is 156 g/mol. The van der Waals surface area contributed by atoms with Gasteiger partial charge >= 0.3 is 0 Å². The van der Waals surface area contributed by atoms with E-state index in [4.69, 9.17) is 0 Å². The summed E-state index contributed by atoms with van der Waals surface area (Å²) in [5.41, 5.74) is 0. The molecule has 1 aliphatic heterocycles. The van der Waals surface area contributed by atoms with Crippen molar-refractivity contribution in [2.24, 2.45) is 0 Å². The van der Waals surface area contributed by atoms with Gasteiger partial charge in [0.05, 0.1) is 0 Å². The molecule has 2 nitrogen and oxygen atoms in total. The van der Waals surface area contributed by atoms with Crippen LogP contribution in [-0.2, 0) is 0 Å². The predicted octanol–water partition coefficient (Wildman–Crippen LogP) is 2.01. The average Bonchev–Trinajstić information content (AvgIpc) is 2.00. The zero-order chi connectivity index (χ0) is 8.27. The van der Waals surface area contributed by atoms with Gasteiger partial charge in [-0.1, -0.05) is 12.7 Å². The summed E-state index contributed by atoms with van der Waals surface area (Å²) in [6.45, 7) is 3.92. The van der Waals surface area contributed by atoms with Crippen LogP contribution in [0.2, 0.25) is 0 Å². The Bertz CT molecular complexity index is 208. The molecule has 0 aliphatic carbocycles. The summed E-state index contributed by atoms with van der Waals surface area (Å²) in [5.74, 6) is 0.982. The van der Waals surface area contributed by atoms with Crippen molar-refractivity contribution in [2.75, 3.05) is 14.1 Å². The minimum absolute atomic E-state index is 0.982. The molecule has 0 unspecified atom stereocenters. The van der Waals surface area contributed by atoms with Crippen LogP contribution in [0.3, 0.4) is 0 Å². The molecule has 1 rings (SSSR count). The monoisotopic (exact) mass is 168 g/mol. The van der Waals surface area contributed by atoms with Gasteiger partial charge in [0.2, 0.25) is 0 Å². The van der Waals surface area contributed by atoms with Gasteiger partial charge in [0.15, 0.2) is 0 Å². The van der Waals surface area contributed by atoms with E-state index < -0.39 is 0 Å². The number of allylic oxidation sites excluding steroid dienone is 2. The highest BCUT2D eigenvalue weighted by atomic mass is 32.2. The summed E-state index contributed by atoms with van der Waals surface area (Å²) in [4.78, 5) is 1.98. The molecule has 0 aromatic rings. The van der Waals surface area contributed by atoms with Crippen LogP contribution >= 0.6 is 11.9 Å². The first-order chi connectivity index (χ1) is 5.22. The molecule has 0 spiro atoms. The van der Waals surface area contributed by atoms with E-state index >= 15 is 0 Å². The van der Waals surface area contributed by atoms with Crippen LogP contribution in [0.25, 0.3) is 0 Å². The summed E-state index contributed by atoms with van der Waals surface area (Å²) in [6, 6.07) is 0. The molecule has 0 bridgehead atoms. The van der Waals surface area contributed by atoms with E-state index in [-0.39, 0.29) is 0 Å². The highest BCUT2D eigenvalue weighted by Crippen LogP contribution is 2.18. The van der Waals surface area contributed by atoms with Gasteiger partial charge < -0.3 is 9.21 Å². The molecule has 0 saturated carbocycles. The average molecular weight is 168 g/mol. The Morgan fingerprint density at radius 1 is 1.36 bits per heavy atom. The van der Waals surface area contributed by atoms with Crippen molar-refractivity contribution >= 4 is 11.9 Å². The van der Waals surface area contributed by atoms with Gasteiger partial charge in [0.1, 0.15) is 5.82 Å². The van der Waals surface area contributed by atoms with E-state index in [1.807, 2.05) is 47.1 Å². The molecule has 60 valence electrons. The second-order valence-electron chi connectivity index (χ2n) is 2.30. The van der Waals surface area contributed by atoms with Crippen molar-refractivity contribution in [1.82, 2.24) is 9.21 Å². The molecule has 0 amide bonds. The fourth-order valence-electron chi connectivity index (χ4n) is 0.720. The predicted molar refractivity (Wildman–Crippen MR) is 50.5 cm³/mol. The fraction of sp³-hybridized carbons (Fsp3) is 0.250. The Labute approximate surface area is 72.0 Å². The fourth-order valence-corrected chi connectivity index (χ4v) is 1.31. The summed E-state index contributed by atoms with van der Waals surface area (Å²) < 4.78 is 2.01.